The zero-order valence-electron chi connectivity index (χ0n) is 36.1. The van der Waals surface area contributed by atoms with Crippen molar-refractivity contribution in [3.63, 3.8) is 0 Å². The Kier molecular flexibility index (Phi) is 21.7. The van der Waals surface area contributed by atoms with E-state index in [1.807, 2.05) is 45.0 Å². The fourth-order valence-electron chi connectivity index (χ4n) is 6.34. The van der Waals surface area contributed by atoms with Crippen molar-refractivity contribution in [1.82, 2.24) is 47.5 Å². The Morgan fingerprint density at radius 3 is 1.82 bits per heavy atom. The van der Waals surface area contributed by atoms with Gasteiger partial charge in [-0.2, -0.15) is 0 Å². The molecule has 0 saturated heterocycles. The molecule has 0 bridgehead atoms. The van der Waals surface area contributed by atoms with E-state index in [-0.39, 0.29) is 69.5 Å². The number of nitrogens with one attached hydrogen (secondary N) is 11. The second-order valence-corrected chi connectivity index (χ2v) is 15.7. The fraction of sp³-hybridized carbons (Fsp3) is 0.575. The molecule has 0 aliphatic heterocycles. The molecule has 0 fully saturated rings. The number of benzene rings is 1. The highest BCUT2D eigenvalue weighted by Crippen LogP contribution is 2.20. The van der Waals surface area contributed by atoms with Crippen LogP contribution in [0.2, 0.25) is 0 Å². The molecule has 0 spiro atoms. The molecule has 0 radical (unpaired) electrons. The minimum Gasteiger partial charge on any atom is -0.480 e. The van der Waals surface area contributed by atoms with Gasteiger partial charge in [0, 0.05) is 36.6 Å². The van der Waals surface area contributed by atoms with E-state index in [2.05, 4.69) is 47.5 Å². The molecule has 0 aliphatic carbocycles. The van der Waals surface area contributed by atoms with Crippen LogP contribution in [0.1, 0.15) is 78.7 Å². The predicted molar refractivity (Wildman–Crippen MR) is 233 cm³/mol. The number of carbonyl (C=O) groups excluding carboxylic acids is 6. The summed E-state index contributed by atoms with van der Waals surface area (Å²) in [5.74, 6) is -6.62. The molecule has 62 heavy (non-hydrogen) atoms. The number of nitrogens with two attached hydrogens (primary N) is 3. The van der Waals surface area contributed by atoms with E-state index in [0.717, 1.165) is 16.5 Å². The van der Waals surface area contributed by atoms with Crippen LogP contribution in [0.4, 0.5) is 0 Å². The normalized spacial score (nSPS) is 14.4. The first kappa shape index (κ1) is 51.7. The van der Waals surface area contributed by atoms with Crippen molar-refractivity contribution < 1.29 is 38.7 Å². The average molecular weight is 871 g/mol. The van der Waals surface area contributed by atoms with E-state index in [0.29, 0.717) is 6.42 Å². The van der Waals surface area contributed by atoms with Gasteiger partial charge >= 0.3 is 5.97 Å². The molecule has 0 aliphatic rings. The van der Waals surface area contributed by atoms with Crippen molar-refractivity contribution >= 4 is 64.2 Å². The van der Waals surface area contributed by atoms with Gasteiger partial charge in [-0.15, -0.1) is 0 Å². The standard InChI is InChI=1S/C40H66N14O8/c1-6-22(4)32(54-36(59)30(53-33(56)23(5)41)18-24-19-48-26-12-8-7-11-25(24)26)37(60)49-20-31(55)50-29(17-21(2)3)35(58)51-27(13-9-15-46-39(42)43)34(57)52-28(38(61)62)14-10-16-47-40(44)45/h7-8,11-12,19,21-23,27-30,32,48H,6,9-10,13-18,20,41H2,1-5H3,(H,49,60)(H,50,55)(H,51,58)(H,52,57)(H,53,56)(H,54,59)(H,61,62)(H4,42,43,46)(H4,44,45,47)/t22-,23-,27-,28-,29-,30-,32-/m0/s1. The Balaban J connectivity index is 2.20. The molecule has 2 aromatic rings. The van der Waals surface area contributed by atoms with Crippen LogP contribution in [0.15, 0.2) is 30.5 Å². The van der Waals surface area contributed by atoms with Crippen molar-refractivity contribution in [1.29, 1.82) is 10.8 Å². The lowest BCUT2D eigenvalue weighted by atomic mass is 9.97. The van der Waals surface area contributed by atoms with Gasteiger partial charge in [0.1, 0.15) is 30.2 Å². The van der Waals surface area contributed by atoms with Crippen LogP contribution in [0.25, 0.3) is 10.9 Å². The number of aromatic nitrogens is 1. The van der Waals surface area contributed by atoms with Crippen LogP contribution < -0.4 is 59.7 Å². The zero-order chi connectivity index (χ0) is 46.5. The summed E-state index contributed by atoms with van der Waals surface area (Å²) in [6.45, 7) is 8.46. The second-order valence-electron chi connectivity index (χ2n) is 15.7. The molecule has 1 aromatic heterocycles. The highest BCUT2D eigenvalue weighted by Gasteiger charge is 2.33. The third-order valence-electron chi connectivity index (χ3n) is 9.94. The van der Waals surface area contributed by atoms with E-state index in [9.17, 15) is 38.7 Å². The lowest BCUT2D eigenvalue weighted by molar-refractivity contribution is -0.142. The van der Waals surface area contributed by atoms with Crippen LogP contribution >= 0.6 is 0 Å². The summed E-state index contributed by atoms with van der Waals surface area (Å²) in [6, 6.07) is 0.560. The van der Waals surface area contributed by atoms with Gasteiger partial charge in [-0.1, -0.05) is 52.3 Å². The third-order valence-corrected chi connectivity index (χ3v) is 9.94. The molecule has 1 heterocycles. The minimum atomic E-state index is -1.33. The van der Waals surface area contributed by atoms with E-state index < -0.39 is 90.1 Å². The van der Waals surface area contributed by atoms with E-state index in [1.54, 1.807) is 13.1 Å². The summed E-state index contributed by atoms with van der Waals surface area (Å²) in [6.07, 6.45) is 2.90. The van der Waals surface area contributed by atoms with E-state index in [1.165, 1.54) is 6.92 Å². The van der Waals surface area contributed by atoms with Crippen molar-refractivity contribution in [2.45, 2.75) is 116 Å². The van der Waals surface area contributed by atoms with E-state index >= 15 is 0 Å². The van der Waals surface area contributed by atoms with Crippen molar-refractivity contribution in [3.8, 4) is 0 Å². The molecule has 0 saturated carbocycles. The Labute approximate surface area is 361 Å². The van der Waals surface area contributed by atoms with Gasteiger partial charge in [-0.3, -0.25) is 39.6 Å². The molecule has 18 N–H and O–H groups in total. The predicted octanol–water partition coefficient (Wildman–Crippen LogP) is -1.70. The molecular weight excluding hydrogens is 805 g/mol. The lowest BCUT2D eigenvalue weighted by Gasteiger charge is -2.27. The molecule has 22 heteroatoms. The first-order chi connectivity index (χ1) is 29.2. The third kappa shape index (κ3) is 18.0. The van der Waals surface area contributed by atoms with Crippen LogP contribution in [-0.4, -0.2) is 119 Å². The molecule has 0 unspecified atom stereocenters. The molecule has 2 rings (SSSR count). The number of rotatable bonds is 27. The summed E-state index contributed by atoms with van der Waals surface area (Å²) in [5, 5.41) is 46.1. The highest BCUT2D eigenvalue weighted by molar-refractivity contribution is 5.96. The van der Waals surface area contributed by atoms with Gasteiger partial charge in [0.15, 0.2) is 11.9 Å². The van der Waals surface area contributed by atoms with Crippen molar-refractivity contribution in [2.75, 3.05) is 19.6 Å². The van der Waals surface area contributed by atoms with Crippen LogP contribution in [0.3, 0.4) is 0 Å². The smallest absolute Gasteiger partial charge is 0.326 e. The zero-order valence-corrected chi connectivity index (χ0v) is 36.1. The summed E-state index contributed by atoms with van der Waals surface area (Å²) < 4.78 is 0. The number of carbonyl (C=O) groups is 7. The quantitative estimate of drug-likeness (QED) is 0.0271. The van der Waals surface area contributed by atoms with Gasteiger partial charge in [0.2, 0.25) is 35.4 Å². The lowest BCUT2D eigenvalue weighted by Crippen LogP contribution is -2.59. The second kappa shape index (κ2) is 26.0. The SMILES string of the molecule is CC[C@H](C)[C@H](NC(=O)[C@H](Cc1c[nH]c2ccccc12)NC(=O)[C@H](C)N)C(=O)NCC(=O)N[C@@H](CC(C)C)C(=O)N[C@@H](CCCNC(=N)N)C(=O)N[C@@H](CCCNC(=N)N)C(=O)O. The number of hydrogen-bond donors (Lipinski definition) is 15. The number of para-hydroxylation sites is 1. The molecule has 344 valence electrons. The largest absolute Gasteiger partial charge is 0.480 e. The Hall–Kier alpha value is -6.45. The van der Waals surface area contributed by atoms with Crippen molar-refractivity contribution in [2.24, 2.45) is 29.0 Å². The van der Waals surface area contributed by atoms with Crippen LogP contribution in [0, 0.1) is 22.7 Å². The monoisotopic (exact) mass is 871 g/mol. The Morgan fingerprint density at radius 1 is 0.710 bits per heavy atom. The number of guanidine groups is 2. The number of hydrogen-bond acceptors (Lipinski definition) is 10. The maximum Gasteiger partial charge on any atom is 0.326 e. The molecule has 6 amide bonds. The number of aliphatic carboxylic acids is 1. The molecule has 7 atom stereocenters. The minimum absolute atomic E-state index is 0.00871. The Bertz CT molecular complexity index is 1870. The van der Waals surface area contributed by atoms with Crippen LogP contribution in [-0.2, 0) is 40.0 Å². The topological polar surface area (TPSA) is 378 Å². The Morgan fingerprint density at radius 2 is 1.26 bits per heavy atom. The number of fused-ring (bicyclic) bond motifs is 1. The molecular formula is C40H66N14O8. The maximum absolute atomic E-state index is 13.8. The van der Waals surface area contributed by atoms with Gasteiger partial charge in [0.05, 0.1) is 12.6 Å². The number of H-pyrrole nitrogens is 1. The summed E-state index contributed by atoms with van der Waals surface area (Å²) in [4.78, 5) is 95.8. The number of carboxylic acid groups (broad SMARTS) is 1. The maximum atomic E-state index is 13.8. The molecule has 1 aromatic carbocycles. The van der Waals surface area contributed by atoms with E-state index in [4.69, 9.17) is 28.0 Å². The van der Waals surface area contributed by atoms with Gasteiger partial charge in [0.25, 0.3) is 0 Å². The first-order valence-electron chi connectivity index (χ1n) is 20.7. The van der Waals surface area contributed by atoms with Gasteiger partial charge in [-0.05, 0) is 62.5 Å². The van der Waals surface area contributed by atoms with Gasteiger partial charge < -0.3 is 69.8 Å². The molecule has 22 nitrogen and oxygen atoms in total. The average Bonchev–Trinajstić information content (AvgIpc) is 3.62. The summed E-state index contributed by atoms with van der Waals surface area (Å²) in [5.41, 5.74) is 18.0. The summed E-state index contributed by atoms with van der Waals surface area (Å²) >= 11 is 0. The number of aromatic amines is 1. The highest BCUT2D eigenvalue weighted by atomic mass is 16.4. The van der Waals surface area contributed by atoms with Crippen molar-refractivity contribution in [3.05, 3.63) is 36.0 Å². The first-order valence-corrected chi connectivity index (χ1v) is 20.7. The number of amides is 6. The number of carboxylic acids is 1. The van der Waals surface area contributed by atoms with Crippen LogP contribution in [0.5, 0.6) is 0 Å². The van der Waals surface area contributed by atoms with Gasteiger partial charge in [-0.25, -0.2) is 4.79 Å². The fourth-order valence-corrected chi connectivity index (χ4v) is 6.34. The summed E-state index contributed by atoms with van der Waals surface area (Å²) in [7, 11) is 0.